The first-order valence-electron chi connectivity index (χ1n) is 6.49. The van der Waals surface area contributed by atoms with Gasteiger partial charge in [0, 0.05) is 18.0 Å². The van der Waals surface area contributed by atoms with Crippen molar-refractivity contribution in [1.29, 1.82) is 0 Å². The standard InChI is InChI=1S/C15H19N3O/c1-4-13(14-16-8-9-17-14)18-15(19)12-7-5-6-10(2)11(12)3/h5-9,13H,4H2,1-3H3,(H,16,17)(H,18,19). The Morgan fingerprint density at radius 2 is 2.21 bits per heavy atom. The molecule has 1 amide bonds. The summed E-state index contributed by atoms with van der Waals surface area (Å²) in [6.45, 7) is 6.00. The minimum absolute atomic E-state index is 0.0514. The quantitative estimate of drug-likeness (QED) is 0.884. The number of nitrogens with zero attached hydrogens (tertiary/aromatic N) is 1. The molecular formula is C15H19N3O. The van der Waals surface area contributed by atoms with Gasteiger partial charge in [-0.15, -0.1) is 0 Å². The molecule has 1 unspecified atom stereocenters. The molecule has 0 radical (unpaired) electrons. The summed E-state index contributed by atoms with van der Waals surface area (Å²) in [5, 5.41) is 3.02. The second-order valence-corrected chi connectivity index (χ2v) is 4.66. The maximum Gasteiger partial charge on any atom is 0.252 e. The van der Waals surface area contributed by atoms with E-state index in [1.165, 1.54) is 0 Å². The van der Waals surface area contributed by atoms with Gasteiger partial charge in [0.15, 0.2) is 0 Å². The van der Waals surface area contributed by atoms with Crippen molar-refractivity contribution in [1.82, 2.24) is 15.3 Å². The highest BCUT2D eigenvalue weighted by Gasteiger charge is 2.17. The van der Waals surface area contributed by atoms with Gasteiger partial charge in [0.1, 0.15) is 5.82 Å². The lowest BCUT2D eigenvalue weighted by Crippen LogP contribution is -2.29. The van der Waals surface area contributed by atoms with Crippen LogP contribution in [0.25, 0.3) is 0 Å². The van der Waals surface area contributed by atoms with Gasteiger partial charge in [-0.05, 0) is 37.5 Å². The van der Waals surface area contributed by atoms with Crippen LogP contribution in [0.4, 0.5) is 0 Å². The molecule has 0 saturated carbocycles. The average molecular weight is 257 g/mol. The SMILES string of the molecule is CCC(NC(=O)c1cccc(C)c1C)c1ncc[nH]1. The smallest absolute Gasteiger partial charge is 0.252 e. The molecule has 1 heterocycles. The summed E-state index contributed by atoms with van der Waals surface area (Å²) in [7, 11) is 0. The van der Waals surface area contributed by atoms with E-state index in [-0.39, 0.29) is 11.9 Å². The number of aromatic nitrogens is 2. The van der Waals surface area contributed by atoms with Crippen molar-refractivity contribution in [2.24, 2.45) is 0 Å². The van der Waals surface area contributed by atoms with Crippen molar-refractivity contribution in [3.63, 3.8) is 0 Å². The molecule has 2 rings (SSSR count). The molecule has 0 saturated heterocycles. The number of hydrogen-bond acceptors (Lipinski definition) is 2. The van der Waals surface area contributed by atoms with Crippen LogP contribution in [0.3, 0.4) is 0 Å². The lowest BCUT2D eigenvalue weighted by Gasteiger charge is -2.16. The Morgan fingerprint density at radius 3 is 2.84 bits per heavy atom. The van der Waals surface area contributed by atoms with Crippen molar-refractivity contribution >= 4 is 5.91 Å². The highest BCUT2D eigenvalue weighted by Crippen LogP contribution is 2.16. The summed E-state index contributed by atoms with van der Waals surface area (Å²) < 4.78 is 0. The van der Waals surface area contributed by atoms with Crippen LogP contribution in [-0.4, -0.2) is 15.9 Å². The zero-order chi connectivity index (χ0) is 13.8. The Hall–Kier alpha value is -2.10. The van der Waals surface area contributed by atoms with E-state index in [0.717, 1.165) is 28.9 Å². The fourth-order valence-corrected chi connectivity index (χ4v) is 2.06. The van der Waals surface area contributed by atoms with Crippen molar-refractivity contribution in [2.45, 2.75) is 33.2 Å². The number of hydrogen-bond donors (Lipinski definition) is 2. The summed E-state index contributed by atoms with van der Waals surface area (Å²) in [5.41, 5.74) is 2.87. The lowest BCUT2D eigenvalue weighted by molar-refractivity contribution is 0.0933. The molecule has 0 aliphatic heterocycles. The molecule has 4 nitrogen and oxygen atoms in total. The van der Waals surface area contributed by atoms with Crippen LogP contribution in [-0.2, 0) is 0 Å². The third-order valence-electron chi connectivity index (χ3n) is 3.41. The minimum atomic E-state index is -0.0811. The summed E-state index contributed by atoms with van der Waals surface area (Å²) in [6, 6.07) is 5.69. The van der Waals surface area contributed by atoms with Gasteiger partial charge in [-0.3, -0.25) is 4.79 Å². The number of benzene rings is 1. The number of aromatic amines is 1. The second kappa shape index (κ2) is 5.69. The van der Waals surface area contributed by atoms with Crippen LogP contribution < -0.4 is 5.32 Å². The molecule has 1 aromatic carbocycles. The second-order valence-electron chi connectivity index (χ2n) is 4.66. The fourth-order valence-electron chi connectivity index (χ4n) is 2.06. The first kappa shape index (κ1) is 13.3. The number of carbonyl (C=O) groups excluding carboxylic acids is 1. The molecule has 2 N–H and O–H groups in total. The Morgan fingerprint density at radius 1 is 1.42 bits per heavy atom. The largest absolute Gasteiger partial charge is 0.347 e. The molecule has 0 aliphatic carbocycles. The van der Waals surface area contributed by atoms with Crippen LogP contribution in [0.5, 0.6) is 0 Å². The zero-order valence-corrected chi connectivity index (χ0v) is 11.5. The lowest BCUT2D eigenvalue weighted by atomic mass is 10.0. The van der Waals surface area contributed by atoms with Gasteiger partial charge in [-0.2, -0.15) is 0 Å². The first-order chi connectivity index (χ1) is 9.13. The van der Waals surface area contributed by atoms with Crippen molar-refractivity contribution < 1.29 is 4.79 Å². The van der Waals surface area contributed by atoms with Crippen LogP contribution in [0, 0.1) is 13.8 Å². The van der Waals surface area contributed by atoms with Crippen LogP contribution in [0.2, 0.25) is 0 Å². The van der Waals surface area contributed by atoms with E-state index in [2.05, 4.69) is 15.3 Å². The zero-order valence-electron chi connectivity index (χ0n) is 11.5. The summed E-state index contributed by atoms with van der Waals surface area (Å²) in [5.74, 6) is 0.741. The predicted octanol–water partition coefficient (Wildman–Crippen LogP) is 2.91. The van der Waals surface area contributed by atoms with Gasteiger partial charge in [0.25, 0.3) is 5.91 Å². The summed E-state index contributed by atoms with van der Waals surface area (Å²) >= 11 is 0. The van der Waals surface area contributed by atoms with Crippen molar-refractivity contribution in [3.05, 3.63) is 53.1 Å². The molecule has 0 fully saturated rings. The third-order valence-corrected chi connectivity index (χ3v) is 3.41. The Bertz CT molecular complexity index is 561. The molecule has 2 aromatic rings. The maximum absolute atomic E-state index is 12.3. The molecule has 4 heteroatoms. The number of rotatable bonds is 4. The molecular weight excluding hydrogens is 238 g/mol. The van der Waals surface area contributed by atoms with Crippen molar-refractivity contribution in [2.75, 3.05) is 0 Å². The Balaban J connectivity index is 2.18. The summed E-state index contributed by atoms with van der Waals surface area (Å²) in [6.07, 6.45) is 4.26. The Kier molecular flexibility index (Phi) is 4.00. The van der Waals surface area contributed by atoms with Gasteiger partial charge >= 0.3 is 0 Å². The highest BCUT2D eigenvalue weighted by atomic mass is 16.1. The van der Waals surface area contributed by atoms with Gasteiger partial charge < -0.3 is 10.3 Å². The third kappa shape index (κ3) is 2.84. The van der Waals surface area contributed by atoms with E-state index in [1.54, 1.807) is 12.4 Å². The van der Waals surface area contributed by atoms with E-state index in [4.69, 9.17) is 0 Å². The molecule has 19 heavy (non-hydrogen) atoms. The van der Waals surface area contributed by atoms with E-state index >= 15 is 0 Å². The average Bonchev–Trinajstić information content (AvgIpc) is 2.92. The van der Waals surface area contributed by atoms with Crippen LogP contribution in [0.1, 0.15) is 46.7 Å². The molecule has 1 aromatic heterocycles. The number of carbonyl (C=O) groups is 1. The number of H-pyrrole nitrogens is 1. The monoisotopic (exact) mass is 257 g/mol. The molecule has 100 valence electrons. The predicted molar refractivity (Wildman–Crippen MR) is 75.0 cm³/mol. The molecule has 0 aliphatic rings. The van der Waals surface area contributed by atoms with Gasteiger partial charge in [0.05, 0.1) is 6.04 Å². The van der Waals surface area contributed by atoms with Crippen LogP contribution >= 0.6 is 0 Å². The van der Waals surface area contributed by atoms with Gasteiger partial charge in [0.2, 0.25) is 0 Å². The molecule has 0 bridgehead atoms. The minimum Gasteiger partial charge on any atom is -0.347 e. The van der Waals surface area contributed by atoms with E-state index < -0.39 is 0 Å². The molecule has 0 spiro atoms. The van der Waals surface area contributed by atoms with Gasteiger partial charge in [-0.1, -0.05) is 19.1 Å². The fraction of sp³-hybridized carbons (Fsp3) is 0.333. The van der Waals surface area contributed by atoms with E-state index in [9.17, 15) is 4.79 Å². The number of imidazole rings is 1. The summed E-state index contributed by atoms with van der Waals surface area (Å²) in [4.78, 5) is 19.6. The number of amides is 1. The molecule has 1 atom stereocenters. The first-order valence-corrected chi connectivity index (χ1v) is 6.49. The maximum atomic E-state index is 12.3. The van der Waals surface area contributed by atoms with Gasteiger partial charge in [-0.25, -0.2) is 4.98 Å². The van der Waals surface area contributed by atoms with E-state index in [0.29, 0.717) is 0 Å². The normalized spacial score (nSPS) is 12.2. The topological polar surface area (TPSA) is 57.8 Å². The Labute approximate surface area is 113 Å². The highest BCUT2D eigenvalue weighted by molar-refractivity contribution is 5.96. The van der Waals surface area contributed by atoms with Crippen LogP contribution in [0.15, 0.2) is 30.6 Å². The van der Waals surface area contributed by atoms with E-state index in [1.807, 2.05) is 39.0 Å². The number of aryl methyl sites for hydroxylation is 1. The van der Waals surface area contributed by atoms with Crippen molar-refractivity contribution in [3.8, 4) is 0 Å². The number of nitrogens with one attached hydrogen (secondary N) is 2.